The number of benzene rings is 1. The number of aliphatic hydroxyl groups is 1. The quantitative estimate of drug-likeness (QED) is 0.654. The Balaban J connectivity index is 1.84. The van der Waals surface area contributed by atoms with E-state index in [0.29, 0.717) is 18.8 Å². The second-order valence-corrected chi connectivity index (χ2v) is 5.16. The summed E-state index contributed by atoms with van der Waals surface area (Å²) >= 11 is 0. The van der Waals surface area contributed by atoms with Gasteiger partial charge in [0.25, 0.3) is 0 Å². The minimum atomic E-state index is -0.491. The van der Waals surface area contributed by atoms with Crippen LogP contribution in [-0.4, -0.2) is 33.8 Å². The summed E-state index contributed by atoms with van der Waals surface area (Å²) in [5.41, 5.74) is 2.99. The van der Waals surface area contributed by atoms with Crippen molar-refractivity contribution in [1.82, 2.24) is 20.6 Å². The molecule has 114 valence electrons. The van der Waals surface area contributed by atoms with E-state index in [2.05, 4.69) is 20.6 Å². The number of fused-ring (bicyclic) bond motifs is 1. The van der Waals surface area contributed by atoms with Crippen molar-refractivity contribution in [3.05, 3.63) is 29.6 Å². The molecule has 1 heterocycles. The molecule has 0 saturated carbocycles. The van der Waals surface area contributed by atoms with Gasteiger partial charge in [-0.2, -0.15) is 0 Å². The number of hydrogen-bond donors (Lipinski definition) is 4. The number of aliphatic hydroxyl groups excluding tert-OH is 1. The third kappa shape index (κ3) is 4.19. The normalized spacial score (nSPS) is 12.3. The topological polar surface area (TPSA) is 90.0 Å². The highest BCUT2D eigenvalue weighted by atomic mass is 16.3. The number of para-hydroxylation sites is 1. The van der Waals surface area contributed by atoms with Crippen LogP contribution in [-0.2, 0) is 6.54 Å². The molecule has 0 fully saturated rings. The molecule has 0 saturated heterocycles. The number of aryl methyl sites for hydroxylation is 1. The first-order chi connectivity index (χ1) is 10.1. The maximum Gasteiger partial charge on any atom is 0.315 e. The number of nitrogens with one attached hydrogen (secondary N) is 3. The summed E-state index contributed by atoms with van der Waals surface area (Å²) in [4.78, 5) is 19.3. The van der Waals surface area contributed by atoms with E-state index in [1.807, 2.05) is 32.0 Å². The molecule has 0 bridgehead atoms. The summed E-state index contributed by atoms with van der Waals surface area (Å²) in [6.45, 7) is 4.58. The molecule has 0 radical (unpaired) electrons. The summed E-state index contributed by atoms with van der Waals surface area (Å²) in [5, 5.41) is 14.9. The number of urea groups is 1. The minimum Gasteiger partial charge on any atom is -0.391 e. The number of imidazole rings is 1. The Bertz CT molecular complexity index is 609. The summed E-state index contributed by atoms with van der Waals surface area (Å²) in [6.07, 6.45) is 1.08. The monoisotopic (exact) mass is 290 g/mol. The van der Waals surface area contributed by atoms with Gasteiger partial charge in [0.05, 0.1) is 23.7 Å². The lowest BCUT2D eigenvalue weighted by atomic mass is 10.2. The molecule has 1 unspecified atom stereocenters. The highest BCUT2D eigenvalue weighted by Gasteiger charge is 2.08. The van der Waals surface area contributed by atoms with Crippen molar-refractivity contribution in [1.29, 1.82) is 0 Å². The summed E-state index contributed by atoms with van der Waals surface area (Å²) in [7, 11) is 0. The second kappa shape index (κ2) is 7.08. The number of carbonyl (C=O) groups excluding carboxylic acids is 1. The van der Waals surface area contributed by atoms with Crippen molar-refractivity contribution < 1.29 is 9.90 Å². The highest BCUT2D eigenvalue weighted by molar-refractivity contribution is 5.78. The molecule has 2 aromatic rings. The molecule has 0 spiro atoms. The average molecular weight is 290 g/mol. The van der Waals surface area contributed by atoms with Crippen molar-refractivity contribution in [3.8, 4) is 0 Å². The average Bonchev–Trinajstić information content (AvgIpc) is 2.88. The number of aromatic nitrogens is 2. The van der Waals surface area contributed by atoms with Crippen LogP contribution in [0.15, 0.2) is 18.2 Å². The second-order valence-electron chi connectivity index (χ2n) is 5.16. The van der Waals surface area contributed by atoms with Crippen LogP contribution in [0.5, 0.6) is 0 Å². The van der Waals surface area contributed by atoms with E-state index in [0.717, 1.165) is 23.0 Å². The van der Waals surface area contributed by atoms with E-state index >= 15 is 0 Å². The first-order valence-electron chi connectivity index (χ1n) is 7.24. The van der Waals surface area contributed by atoms with Crippen LogP contribution in [0.1, 0.15) is 31.2 Å². The summed E-state index contributed by atoms with van der Waals surface area (Å²) in [5.74, 6) is 0.712. The Labute approximate surface area is 124 Å². The molecule has 0 aliphatic carbocycles. The highest BCUT2D eigenvalue weighted by Crippen LogP contribution is 2.15. The van der Waals surface area contributed by atoms with Crippen LogP contribution < -0.4 is 10.6 Å². The molecule has 1 atom stereocenters. The van der Waals surface area contributed by atoms with Gasteiger partial charge >= 0.3 is 6.03 Å². The fourth-order valence-electron chi connectivity index (χ4n) is 2.18. The molecule has 2 rings (SSSR count). The van der Waals surface area contributed by atoms with E-state index in [1.165, 1.54) is 0 Å². The van der Waals surface area contributed by atoms with Crippen LogP contribution in [0.25, 0.3) is 11.0 Å². The van der Waals surface area contributed by atoms with Crippen LogP contribution in [0, 0.1) is 6.92 Å². The van der Waals surface area contributed by atoms with Gasteiger partial charge < -0.3 is 20.7 Å². The number of nitrogens with zero attached hydrogens (tertiary/aromatic N) is 1. The smallest absolute Gasteiger partial charge is 0.315 e. The molecular weight excluding hydrogens is 268 g/mol. The largest absolute Gasteiger partial charge is 0.391 e. The number of hydrogen-bond acceptors (Lipinski definition) is 3. The van der Waals surface area contributed by atoms with Gasteiger partial charge in [0, 0.05) is 6.54 Å². The zero-order valence-electron chi connectivity index (χ0n) is 12.4. The number of amides is 2. The van der Waals surface area contributed by atoms with Crippen molar-refractivity contribution in [2.75, 3.05) is 6.54 Å². The lowest BCUT2D eigenvalue weighted by Crippen LogP contribution is -2.39. The van der Waals surface area contributed by atoms with Crippen molar-refractivity contribution in [2.45, 2.75) is 39.3 Å². The minimum absolute atomic E-state index is 0.263. The van der Waals surface area contributed by atoms with Gasteiger partial charge in [0.1, 0.15) is 5.82 Å². The van der Waals surface area contributed by atoms with E-state index in [1.54, 1.807) is 0 Å². The lowest BCUT2D eigenvalue weighted by molar-refractivity contribution is 0.160. The lowest BCUT2D eigenvalue weighted by Gasteiger charge is -2.11. The van der Waals surface area contributed by atoms with Crippen LogP contribution in [0.3, 0.4) is 0 Å². The van der Waals surface area contributed by atoms with E-state index in [4.69, 9.17) is 0 Å². The number of rotatable bonds is 6. The first kappa shape index (κ1) is 15.3. The predicted octanol–water partition coefficient (Wildman–Crippen LogP) is 1.83. The first-order valence-corrected chi connectivity index (χ1v) is 7.24. The maximum atomic E-state index is 11.6. The Morgan fingerprint density at radius 3 is 2.95 bits per heavy atom. The van der Waals surface area contributed by atoms with Crippen LogP contribution in [0.4, 0.5) is 4.79 Å². The standard InChI is InChI=1S/C15H22N4O2/c1-3-5-11(20)8-16-15(21)17-9-13-18-12-7-4-6-10(2)14(12)19-13/h4,6-7,11,20H,3,5,8-9H2,1-2H3,(H,18,19)(H2,16,17,21). The molecule has 4 N–H and O–H groups in total. The van der Waals surface area contributed by atoms with E-state index < -0.39 is 6.10 Å². The molecule has 2 amide bonds. The Kier molecular flexibility index (Phi) is 5.16. The van der Waals surface area contributed by atoms with Crippen LogP contribution >= 0.6 is 0 Å². The third-order valence-electron chi connectivity index (χ3n) is 3.30. The maximum absolute atomic E-state index is 11.6. The van der Waals surface area contributed by atoms with Crippen molar-refractivity contribution in [2.24, 2.45) is 0 Å². The van der Waals surface area contributed by atoms with Gasteiger partial charge in [0.15, 0.2) is 0 Å². The zero-order chi connectivity index (χ0) is 15.2. The summed E-state index contributed by atoms with van der Waals surface area (Å²) < 4.78 is 0. The van der Waals surface area contributed by atoms with Crippen LogP contribution in [0.2, 0.25) is 0 Å². The molecule has 0 aliphatic rings. The molecule has 0 aliphatic heterocycles. The Hall–Kier alpha value is -2.08. The molecule has 1 aromatic heterocycles. The van der Waals surface area contributed by atoms with Gasteiger partial charge in [-0.25, -0.2) is 9.78 Å². The van der Waals surface area contributed by atoms with Crippen molar-refractivity contribution >= 4 is 17.1 Å². The molecule has 21 heavy (non-hydrogen) atoms. The fourth-order valence-corrected chi connectivity index (χ4v) is 2.18. The Morgan fingerprint density at radius 2 is 2.24 bits per heavy atom. The molecular formula is C15H22N4O2. The van der Waals surface area contributed by atoms with E-state index in [9.17, 15) is 9.90 Å². The summed E-state index contributed by atoms with van der Waals surface area (Å²) in [6, 6.07) is 5.62. The molecule has 6 heteroatoms. The SMILES string of the molecule is CCCC(O)CNC(=O)NCc1nc2c(C)cccc2[nH]1. The number of aromatic amines is 1. The van der Waals surface area contributed by atoms with E-state index in [-0.39, 0.29) is 12.6 Å². The number of H-pyrrole nitrogens is 1. The van der Waals surface area contributed by atoms with Crippen molar-refractivity contribution in [3.63, 3.8) is 0 Å². The Morgan fingerprint density at radius 1 is 1.43 bits per heavy atom. The number of carbonyl (C=O) groups is 1. The van der Waals surface area contributed by atoms with Gasteiger partial charge in [-0.3, -0.25) is 0 Å². The molecule has 1 aromatic carbocycles. The third-order valence-corrected chi connectivity index (χ3v) is 3.30. The molecule has 6 nitrogen and oxygen atoms in total. The predicted molar refractivity (Wildman–Crippen MR) is 82.0 cm³/mol. The van der Waals surface area contributed by atoms with Gasteiger partial charge in [-0.1, -0.05) is 25.5 Å². The van der Waals surface area contributed by atoms with Gasteiger partial charge in [0.2, 0.25) is 0 Å². The fraction of sp³-hybridized carbons (Fsp3) is 0.467. The van der Waals surface area contributed by atoms with Gasteiger partial charge in [-0.05, 0) is 25.0 Å². The van der Waals surface area contributed by atoms with Gasteiger partial charge in [-0.15, -0.1) is 0 Å². The zero-order valence-corrected chi connectivity index (χ0v) is 12.4.